The van der Waals surface area contributed by atoms with Crippen LogP contribution in [0.1, 0.15) is 0 Å². The van der Waals surface area contributed by atoms with Gasteiger partial charge in [0.25, 0.3) is 0 Å². The Morgan fingerprint density at radius 1 is 1.03 bits per heavy atom. The molecule has 1 heterocycles. The van der Waals surface area contributed by atoms with Gasteiger partial charge in [0, 0.05) is 17.7 Å². The summed E-state index contributed by atoms with van der Waals surface area (Å²) in [6, 6.07) is 8.11. The van der Waals surface area contributed by atoms with E-state index in [9.17, 15) is 40.2 Å². The van der Waals surface area contributed by atoms with Gasteiger partial charge in [0.15, 0.2) is 12.0 Å². The lowest BCUT2D eigenvalue weighted by atomic mass is 10.0. The van der Waals surface area contributed by atoms with E-state index in [2.05, 4.69) is 0 Å². The van der Waals surface area contributed by atoms with E-state index in [1.807, 2.05) is 0 Å². The van der Waals surface area contributed by atoms with Crippen LogP contribution in [-0.4, -0.2) is 75.1 Å². The third kappa shape index (κ3) is 4.91. The van der Waals surface area contributed by atoms with Crippen LogP contribution in [0.4, 0.5) is 0 Å². The zero-order chi connectivity index (χ0) is 24.3. The predicted molar refractivity (Wildman–Crippen MR) is 113 cm³/mol. The topological polar surface area (TPSA) is 187 Å². The van der Waals surface area contributed by atoms with Gasteiger partial charge in [-0.15, -0.1) is 0 Å². The Hall–Kier alpha value is -3.64. The molecule has 4 atom stereocenters. The molecule has 3 aromatic rings. The number of methoxy groups -OCH3 is 1. The Morgan fingerprint density at radius 2 is 1.70 bits per heavy atom. The summed E-state index contributed by atoms with van der Waals surface area (Å²) in [5, 5.41) is 58.3. The smallest absolute Gasteiger partial charge is 0.239 e. The van der Waals surface area contributed by atoms with Gasteiger partial charge >= 0.3 is 0 Å². The fourth-order valence-electron chi connectivity index (χ4n) is 3.12. The van der Waals surface area contributed by atoms with Crippen molar-refractivity contribution in [3.63, 3.8) is 0 Å². The molecule has 33 heavy (non-hydrogen) atoms. The van der Waals surface area contributed by atoms with E-state index in [0.717, 1.165) is 6.07 Å². The Morgan fingerprint density at radius 3 is 2.30 bits per heavy atom. The van der Waals surface area contributed by atoms with E-state index in [-0.39, 0.29) is 40.3 Å². The van der Waals surface area contributed by atoms with Gasteiger partial charge in [0.2, 0.25) is 11.2 Å². The van der Waals surface area contributed by atoms with Gasteiger partial charge in [0.05, 0.1) is 7.11 Å². The van der Waals surface area contributed by atoms with Crippen LogP contribution < -0.4 is 14.9 Å². The summed E-state index contributed by atoms with van der Waals surface area (Å²) in [6.07, 6.45) is -7.44. The predicted octanol–water partition coefficient (Wildman–Crippen LogP) is -0.0989. The lowest BCUT2D eigenvalue weighted by Gasteiger charge is -2.24. The van der Waals surface area contributed by atoms with Gasteiger partial charge in [0.1, 0.15) is 59.2 Å². The number of aliphatic hydroxyl groups is 4. The fourth-order valence-corrected chi connectivity index (χ4v) is 3.12. The maximum Gasteiger partial charge on any atom is 0.239 e. The molecule has 3 rings (SSSR count). The molecule has 11 heteroatoms. The maximum absolute atomic E-state index is 12.9. The average molecular weight is 462 g/mol. The molecule has 0 aliphatic heterocycles. The third-order valence-electron chi connectivity index (χ3n) is 4.89. The highest BCUT2D eigenvalue weighted by Gasteiger charge is 2.30. The van der Waals surface area contributed by atoms with Crippen LogP contribution in [-0.2, 0) is 4.79 Å². The molecule has 0 spiro atoms. The highest BCUT2D eigenvalue weighted by molar-refractivity contribution is 5.88. The van der Waals surface area contributed by atoms with Crippen molar-refractivity contribution in [2.24, 2.45) is 0 Å². The summed E-state index contributed by atoms with van der Waals surface area (Å²) in [6.45, 7) is -0.597. The molecule has 2 aromatic carbocycles. The van der Waals surface area contributed by atoms with Gasteiger partial charge in [-0.05, 0) is 24.3 Å². The van der Waals surface area contributed by atoms with Crippen molar-refractivity contribution in [3.8, 4) is 34.3 Å². The number of fused-ring (bicyclic) bond motifs is 1. The van der Waals surface area contributed by atoms with Crippen molar-refractivity contribution in [1.82, 2.24) is 0 Å². The second-order valence-electron chi connectivity index (χ2n) is 7.14. The molecule has 0 aliphatic rings. The lowest BCUT2D eigenvalue weighted by molar-refractivity contribution is -0.135. The van der Waals surface area contributed by atoms with Crippen LogP contribution in [0.5, 0.6) is 23.0 Å². The Labute approximate surface area is 186 Å². The van der Waals surface area contributed by atoms with E-state index in [0.29, 0.717) is 5.56 Å². The number of benzene rings is 2. The first-order valence-corrected chi connectivity index (χ1v) is 9.65. The number of aldehydes is 1. The Balaban J connectivity index is 1.95. The largest absolute Gasteiger partial charge is 0.508 e. The summed E-state index contributed by atoms with van der Waals surface area (Å²) in [5.74, 6) is -0.688. The molecule has 0 bridgehead atoms. The summed E-state index contributed by atoms with van der Waals surface area (Å²) < 4.78 is 16.3. The summed E-state index contributed by atoms with van der Waals surface area (Å²) in [7, 11) is 1.26. The molecule has 0 aliphatic carbocycles. The van der Waals surface area contributed by atoms with Crippen molar-refractivity contribution in [2.45, 2.75) is 24.4 Å². The maximum atomic E-state index is 12.9. The molecule has 11 nitrogen and oxygen atoms in total. The van der Waals surface area contributed by atoms with Crippen LogP contribution in [0, 0.1) is 0 Å². The highest BCUT2D eigenvalue weighted by atomic mass is 16.5. The summed E-state index contributed by atoms with van der Waals surface area (Å²) in [5.41, 5.74) is -0.326. The number of aliphatic hydroxyl groups excluding tert-OH is 4. The average Bonchev–Trinajstić information content (AvgIpc) is 2.81. The van der Waals surface area contributed by atoms with Crippen molar-refractivity contribution in [2.75, 3.05) is 13.7 Å². The van der Waals surface area contributed by atoms with Crippen LogP contribution in [0.15, 0.2) is 45.6 Å². The first-order chi connectivity index (χ1) is 15.7. The highest BCUT2D eigenvalue weighted by Crippen LogP contribution is 2.36. The second-order valence-corrected chi connectivity index (χ2v) is 7.14. The van der Waals surface area contributed by atoms with Crippen LogP contribution in [0.3, 0.4) is 0 Å². The second kappa shape index (κ2) is 9.88. The van der Waals surface area contributed by atoms with Crippen molar-refractivity contribution >= 4 is 17.3 Å². The minimum Gasteiger partial charge on any atom is -0.508 e. The fraction of sp³-hybridized carbons (Fsp3) is 0.273. The van der Waals surface area contributed by atoms with E-state index < -0.39 is 42.2 Å². The normalized spacial score (nSPS) is 14.9. The molecule has 0 amide bonds. The van der Waals surface area contributed by atoms with Gasteiger partial charge in [-0.3, -0.25) is 4.79 Å². The van der Waals surface area contributed by atoms with Gasteiger partial charge in [-0.25, -0.2) is 0 Å². The third-order valence-corrected chi connectivity index (χ3v) is 4.89. The molecule has 0 fully saturated rings. The molecule has 6 N–H and O–H groups in total. The van der Waals surface area contributed by atoms with Crippen molar-refractivity contribution in [3.05, 3.63) is 46.6 Å². The SMILES string of the molecule is COc1c(-c2ccc(O)cc2)oc2cc(OCC(O)C(O)C(O)C(O)C=O)cc(O)c2c1=O. The number of ether oxygens (including phenoxy) is 2. The first kappa shape index (κ1) is 24.0. The monoisotopic (exact) mass is 462 g/mol. The molecular weight excluding hydrogens is 440 g/mol. The van der Waals surface area contributed by atoms with Crippen LogP contribution in [0.2, 0.25) is 0 Å². The zero-order valence-corrected chi connectivity index (χ0v) is 17.3. The van der Waals surface area contributed by atoms with E-state index >= 15 is 0 Å². The van der Waals surface area contributed by atoms with Gasteiger partial charge < -0.3 is 49.3 Å². The molecule has 0 saturated heterocycles. The van der Waals surface area contributed by atoms with E-state index in [4.69, 9.17) is 13.9 Å². The number of phenols is 2. The molecule has 0 saturated carbocycles. The first-order valence-electron chi connectivity index (χ1n) is 9.65. The number of hydrogen-bond donors (Lipinski definition) is 6. The van der Waals surface area contributed by atoms with Crippen LogP contribution in [0.25, 0.3) is 22.3 Å². The van der Waals surface area contributed by atoms with Gasteiger partial charge in [-0.1, -0.05) is 0 Å². The van der Waals surface area contributed by atoms with E-state index in [1.165, 1.54) is 37.4 Å². The number of phenolic OH excluding ortho intramolecular Hbond substituents is 2. The molecule has 4 unspecified atom stereocenters. The van der Waals surface area contributed by atoms with Crippen LogP contribution >= 0.6 is 0 Å². The van der Waals surface area contributed by atoms with Gasteiger partial charge in [-0.2, -0.15) is 0 Å². The number of rotatable bonds is 9. The zero-order valence-electron chi connectivity index (χ0n) is 17.3. The minimum atomic E-state index is -1.94. The Kier molecular flexibility index (Phi) is 7.19. The number of aromatic hydroxyl groups is 2. The molecule has 176 valence electrons. The Bertz CT molecular complexity index is 1190. The molecule has 1 aromatic heterocycles. The lowest BCUT2D eigenvalue weighted by Crippen LogP contribution is -2.47. The number of carbonyl (C=O) groups excluding carboxylic acids is 1. The van der Waals surface area contributed by atoms with E-state index in [1.54, 1.807) is 0 Å². The quantitative estimate of drug-likeness (QED) is 0.233. The molecule has 0 radical (unpaired) electrons. The minimum absolute atomic E-state index is 0.000656. The summed E-state index contributed by atoms with van der Waals surface area (Å²) >= 11 is 0. The number of carbonyl (C=O) groups is 1. The standard InChI is InChI=1S/C22H22O11/c1-31-22-20(30)17-13(25)6-12(32-9-15(27)19(29)18(28)14(26)8-23)7-16(17)33-21(22)10-2-4-11(24)5-3-10/h2-8,14-15,18-19,24-29H,9H2,1H3. The van der Waals surface area contributed by atoms with Crippen molar-refractivity contribution in [1.29, 1.82) is 0 Å². The summed E-state index contributed by atoms with van der Waals surface area (Å²) in [4.78, 5) is 23.4. The number of hydrogen-bond acceptors (Lipinski definition) is 11. The molecular formula is C22H22O11. The van der Waals surface area contributed by atoms with Crippen molar-refractivity contribution < 1.29 is 49.3 Å².